The maximum absolute atomic E-state index is 12.6. The van der Waals surface area contributed by atoms with E-state index < -0.39 is 11.1 Å². The molecular formula is C13H16F3N5S. The molecule has 120 valence electrons. The van der Waals surface area contributed by atoms with E-state index in [1.807, 2.05) is 18.5 Å². The van der Waals surface area contributed by atoms with Crippen LogP contribution in [0.15, 0.2) is 6.20 Å². The van der Waals surface area contributed by atoms with E-state index in [9.17, 15) is 13.2 Å². The highest BCUT2D eigenvalue weighted by Gasteiger charge is 2.33. The minimum absolute atomic E-state index is 0.0152. The second kappa shape index (κ2) is 5.53. The van der Waals surface area contributed by atoms with Crippen molar-refractivity contribution < 1.29 is 13.2 Å². The predicted octanol–water partition coefficient (Wildman–Crippen LogP) is 3.30. The molecule has 1 aliphatic rings. The zero-order valence-electron chi connectivity index (χ0n) is 12.2. The van der Waals surface area contributed by atoms with Gasteiger partial charge in [-0.25, -0.2) is 14.6 Å². The Morgan fingerprint density at radius 2 is 2.18 bits per heavy atom. The lowest BCUT2D eigenvalue weighted by Crippen LogP contribution is -2.31. The summed E-state index contributed by atoms with van der Waals surface area (Å²) in [6.07, 6.45) is -1.91. The van der Waals surface area contributed by atoms with Crippen molar-refractivity contribution in [1.29, 1.82) is 0 Å². The molecule has 2 aromatic heterocycles. The van der Waals surface area contributed by atoms with E-state index in [2.05, 4.69) is 20.4 Å². The first-order valence-electron chi connectivity index (χ1n) is 7.06. The largest absolute Gasteiger partial charge is 0.427 e. The predicted molar refractivity (Wildman–Crippen MR) is 77.0 cm³/mol. The zero-order chi connectivity index (χ0) is 15.9. The van der Waals surface area contributed by atoms with Crippen LogP contribution in [-0.2, 0) is 19.1 Å². The van der Waals surface area contributed by atoms with Crippen LogP contribution in [0.3, 0.4) is 0 Å². The van der Waals surface area contributed by atoms with Crippen LogP contribution in [0.5, 0.6) is 0 Å². The van der Waals surface area contributed by atoms with Crippen LogP contribution < -0.4 is 5.32 Å². The molecule has 1 N–H and O–H groups in total. The van der Waals surface area contributed by atoms with Crippen molar-refractivity contribution in [3.8, 4) is 0 Å². The number of fused-ring (bicyclic) bond motifs is 1. The second-order valence-electron chi connectivity index (χ2n) is 5.63. The molecule has 1 atom stereocenters. The van der Waals surface area contributed by atoms with Crippen LogP contribution in [0.25, 0.3) is 0 Å². The first-order valence-corrected chi connectivity index (χ1v) is 7.87. The standard InChI is InChI=1S/C13H16F3N5S/c1-7(2)11-19-10-4-3-8(6-21(10)20-11)18-12-17-5-9(22-12)13(14,15)16/h5,7-8H,3-4,6H2,1-2H3,(H,17,18). The molecule has 0 fully saturated rings. The highest BCUT2D eigenvalue weighted by molar-refractivity contribution is 7.15. The lowest BCUT2D eigenvalue weighted by Gasteiger charge is -2.23. The number of aryl methyl sites for hydroxylation is 1. The van der Waals surface area contributed by atoms with Gasteiger partial charge in [0.2, 0.25) is 0 Å². The Bertz CT molecular complexity index is 661. The summed E-state index contributed by atoms with van der Waals surface area (Å²) >= 11 is 0.632. The molecule has 0 aliphatic carbocycles. The summed E-state index contributed by atoms with van der Waals surface area (Å²) in [7, 11) is 0. The minimum atomic E-state index is -4.34. The Hall–Kier alpha value is -1.64. The van der Waals surface area contributed by atoms with Gasteiger partial charge >= 0.3 is 6.18 Å². The highest BCUT2D eigenvalue weighted by atomic mass is 32.1. The Balaban J connectivity index is 1.68. The summed E-state index contributed by atoms with van der Waals surface area (Å²) in [6, 6.07) is 0.0152. The molecule has 0 aromatic carbocycles. The fourth-order valence-electron chi connectivity index (χ4n) is 2.34. The van der Waals surface area contributed by atoms with Crippen molar-refractivity contribution in [2.24, 2.45) is 0 Å². The number of hydrogen-bond donors (Lipinski definition) is 1. The van der Waals surface area contributed by atoms with Crippen LogP contribution in [0, 0.1) is 0 Å². The monoisotopic (exact) mass is 331 g/mol. The zero-order valence-corrected chi connectivity index (χ0v) is 13.0. The van der Waals surface area contributed by atoms with Crippen molar-refractivity contribution in [2.45, 2.75) is 51.4 Å². The number of hydrogen-bond acceptors (Lipinski definition) is 5. The summed E-state index contributed by atoms with van der Waals surface area (Å²) < 4.78 is 39.6. The third kappa shape index (κ3) is 3.08. The van der Waals surface area contributed by atoms with Crippen LogP contribution in [0.2, 0.25) is 0 Å². The number of halogens is 3. The maximum Gasteiger partial charge on any atom is 0.427 e. The number of nitrogens with zero attached hydrogens (tertiary/aromatic N) is 4. The number of thiazole rings is 1. The average Bonchev–Trinajstić information content (AvgIpc) is 3.03. The molecule has 0 saturated heterocycles. The molecule has 0 saturated carbocycles. The Kier molecular flexibility index (Phi) is 3.84. The molecule has 1 aliphatic heterocycles. The molecule has 0 spiro atoms. The smallest absolute Gasteiger partial charge is 0.357 e. The first kappa shape index (κ1) is 15.3. The fourth-order valence-corrected chi connectivity index (χ4v) is 3.10. The van der Waals surface area contributed by atoms with E-state index in [1.165, 1.54) is 0 Å². The number of anilines is 1. The second-order valence-corrected chi connectivity index (χ2v) is 6.66. The van der Waals surface area contributed by atoms with Crippen molar-refractivity contribution in [3.63, 3.8) is 0 Å². The molecule has 3 heterocycles. The summed E-state index contributed by atoms with van der Waals surface area (Å²) in [5.41, 5.74) is 0. The first-order chi connectivity index (χ1) is 10.3. The average molecular weight is 331 g/mol. The number of nitrogens with one attached hydrogen (secondary N) is 1. The number of alkyl halides is 3. The van der Waals surface area contributed by atoms with Gasteiger partial charge in [-0.05, 0) is 6.42 Å². The molecule has 22 heavy (non-hydrogen) atoms. The van der Waals surface area contributed by atoms with Crippen molar-refractivity contribution in [3.05, 3.63) is 22.7 Å². The molecule has 0 bridgehead atoms. The number of rotatable bonds is 3. The quantitative estimate of drug-likeness (QED) is 0.937. The van der Waals surface area contributed by atoms with E-state index in [0.29, 0.717) is 23.0 Å². The Morgan fingerprint density at radius 1 is 1.41 bits per heavy atom. The van der Waals surface area contributed by atoms with Crippen molar-refractivity contribution >= 4 is 16.5 Å². The Labute approximate surface area is 129 Å². The third-order valence-electron chi connectivity index (χ3n) is 3.50. The van der Waals surface area contributed by atoms with Gasteiger partial charge in [0, 0.05) is 18.4 Å². The van der Waals surface area contributed by atoms with E-state index in [4.69, 9.17) is 0 Å². The van der Waals surface area contributed by atoms with E-state index in [1.54, 1.807) is 0 Å². The van der Waals surface area contributed by atoms with Gasteiger partial charge in [0.05, 0.1) is 12.7 Å². The van der Waals surface area contributed by atoms with Crippen LogP contribution >= 0.6 is 11.3 Å². The van der Waals surface area contributed by atoms with Gasteiger partial charge in [-0.2, -0.15) is 18.3 Å². The van der Waals surface area contributed by atoms with E-state index in [-0.39, 0.29) is 12.0 Å². The van der Waals surface area contributed by atoms with Crippen LogP contribution in [0.1, 0.15) is 42.7 Å². The van der Waals surface area contributed by atoms with Crippen molar-refractivity contribution in [2.75, 3.05) is 5.32 Å². The van der Waals surface area contributed by atoms with E-state index >= 15 is 0 Å². The van der Waals surface area contributed by atoms with E-state index in [0.717, 1.165) is 30.7 Å². The SMILES string of the molecule is CC(C)c1nc2n(n1)CC(Nc1ncc(C(F)(F)F)s1)CC2. The molecule has 2 aromatic rings. The van der Waals surface area contributed by atoms with Crippen molar-refractivity contribution in [1.82, 2.24) is 19.7 Å². The summed E-state index contributed by atoms with van der Waals surface area (Å²) in [5, 5.41) is 7.82. The fraction of sp³-hybridized carbons (Fsp3) is 0.615. The lowest BCUT2D eigenvalue weighted by atomic mass is 10.1. The summed E-state index contributed by atoms with van der Waals surface area (Å²) in [5.74, 6) is 2.01. The molecule has 0 radical (unpaired) electrons. The number of aromatic nitrogens is 4. The van der Waals surface area contributed by atoms with Gasteiger partial charge in [-0.1, -0.05) is 25.2 Å². The molecule has 5 nitrogen and oxygen atoms in total. The normalized spacial score (nSPS) is 18.5. The molecule has 3 rings (SSSR count). The maximum atomic E-state index is 12.6. The lowest BCUT2D eigenvalue weighted by molar-refractivity contribution is -0.134. The minimum Gasteiger partial charge on any atom is -0.357 e. The van der Waals surface area contributed by atoms with Gasteiger partial charge in [0.15, 0.2) is 11.0 Å². The van der Waals surface area contributed by atoms with Gasteiger partial charge in [-0.3, -0.25) is 0 Å². The molecular weight excluding hydrogens is 315 g/mol. The summed E-state index contributed by atoms with van der Waals surface area (Å²) in [4.78, 5) is 7.61. The topological polar surface area (TPSA) is 55.6 Å². The highest BCUT2D eigenvalue weighted by Crippen LogP contribution is 2.35. The molecule has 0 amide bonds. The summed E-state index contributed by atoms with van der Waals surface area (Å²) in [6.45, 7) is 4.66. The van der Waals surface area contributed by atoms with Gasteiger partial charge < -0.3 is 5.32 Å². The molecule has 1 unspecified atom stereocenters. The van der Waals surface area contributed by atoms with Gasteiger partial charge in [0.25, 0.3) is 0 Å². The Morgan fingerprint density at radius 3 is 2.82 bits per heavy atom. The molecule has 9 heteroatoms. The van der Waals surface area contributed by atoms with Gasteiger partial charge in [-0.15, -0.1) is 0 Å². The van der Waals surface area contributed by atoms with Crippen LogP contribution in [-0.4, -0.2) is 25.8 Å². The third-order valence-corrected chi connectivity index (χ3v) is 4.48. The van der Waals surface area contributed by atoms with Crippen LogP contribution in [0.4, 0.5) is 18.3 Å². The van der Waals surface area contributed by atoms with Gasteiger partial charge in [0.1, 0.15) is 10.7 Å².